The summed E-state index contributed by atoms with van der Waals surface area (Å²) in [5.41, 5.74) is 7.36. The second kappa shape index (κ2) is 53.9. The van der Waals surface area contributed by atoms with Crippen LogP contribution in [0.1, 0.15) is 487 Å². The van der Waals surface area contributed by atoms with Crippen molar-refractivity contribution in [3.63, 3.8) is 0 Å². The molecule has 6 aromatic carbocycles. The molecule has 146 heavy (non-hydrogen) atoms. The third kappa shape index (κ3) is 30.4. The van der Waals surface area contributed by atoms with Crippen molar-refractivity contribution >= 4 is 41.8 Å². The van der Waals surface area contributed by atoms with E-state index < -0.39 is 53.4 Å². The minimum atomic E-state index is -0.535. The highest BCUT2D eigenvalue weighted by Crippen LogP contribution is 2.70. The van der Waals surface area contributed by atoms with Gasteiger partial charge in [-0.15, -0.1) is 0 Å². The lowest BCUT2D eigenvalue weighted by atomic mass is 9.60. The molecule has 806 valence electrons. The lowest BCUT2D eigenvalue weighted by Gasteiger charge is -2.46. The third-order valence-electron chi connectivity index (χ3n) is 36.2. The van der Waals surface area contributed by atoms with Crippen LogP contribution in [0.5, 0.6) is 0 Å². The fraction of sp³-hybridized carbons (Fsp3) is 0.659. The van der Waals surface area contributed by atoms with Crippen LogP contribution in [-0.4, -0.2) is 100 Å². The summed E-state index contributed by atoms with van der Waals surface area (Å²) in [4.78, 5) is 105. The van der Waals surface area contributed by atoms with Crippen LogP contribution in [0.2, 0.25) is 0 Å². The molecule has 13 unspecified atom stereocenters. The predicted octanol–water partition coefficient (Wildman–Crippen LogP) is 32.8. The second-order valence-corrected chi connectivity index (χ2v) is 48.8. The fourth-order valence-corrected chi connectivity index (χ4v) is 27.8. The first-order valence-electron chi connectivity index (χ1n) is 56.4. The molecule has 0 spiro atoms. The lowest BCUT2D eigenvalue weighted by Crippen LogP contribution is -2.44. The molecule has 0 saturated heterocycles. The first-order chi connectivity index (χ1) is 69.6. The Bertz CT molecular complexity index is 4990. The van der Waals surface area contributed by atoms with Gasteiger partial charge in [0.05, 0.1) is 52.2 Å². The molecule has 10 aliphatic carbocycles. The molecule has 0 heterocycles. The highest BCUT2D eigenvalue weighted by molar-refractivity contribution is 6.04. The Hall–Kier alpha value is -8.63. The summed E-state index contributed by atoms with van der Waals surface area (Å²) in [5, 5.41) is 29.5. The first-order valence-corrected chi connectivity index (χ1v) is 56.4. The molecule has 0 amide bonds. The zero-order chi connectivity index (χ0) is 106. The van der Waals surface area contributed by atoms with Gasteiger partial charge < -0.3 is 33.2 Å². The van der Waals surface area contributed by atoms with Gasteiger partial charge in [-0.1, -0.05) is 292 Å². The number of fused-ring (bicyclic) bond motifs is 4. The topological polar surface area (TPSA) is 272 Å². The van der Waals surface area contributed by atoms with Gasteiger partial charge in [0.1, 0.15) is 47.8 Å². The van der Waals surface area contributed by atoms with Crippen LogP contribution >= 0.6 is 0 Å². The van der Waals surface area contributed by atoms with Crippen molar-refractivity contribution in [2.75, 3.05) is 13.2 Å². The van der Waals surface area contributed by atoms with Crippen molar-refractivity contribution in [3.8, 4) is 0 Å². The Kier molecular flexibility index (Phi) is 43.4. The van der Waals surface area contributed by atoms with Crippen LogP contribution in [0.3, 0.4) is 0 Å². The van der Waals surface area contributed by atoms with Gasteiger partial charge in [-0.25, -0.2) is 48.2 Å². The van der Waals surface area contributed by atoms with E-state index in [0.29, 0.717) is 76.5 Å². The number of aryl methyl sites for hydroxylation is 2. The van der Waals surface area contributed by atoms with Gasteiger partial charge in [0.25, 0.3) is 0 Å². The van der Waals surface area contributed by atoms with E-state index in [4.69, 9.17) is 47.8 Å². The van der Waals surface area contributed by atoms with Crippen molar-refractivity contribution in [2.45, 2.75) is 430 Å². The van der Waals surface area contributed by atoms with Crippen LogP contribution in [0, 0.1) is 99.6 Å². The highest BCUT2D eigenvalue weighted by atomic mass is 17.1. The summed E-state index contributed by atoms with van der Waals surface area (Å²) in [5.74, 6) is 1.21. The summed E-state index contributed by atoms with van der Waals surface area (Å²) in [6, 6.07) is 44.4. The maximum Gasteiger partial charge on any atom is 0.339 e. The Balaban J connectivity index is 0.000000171. The van der Waals surface area contributed by atoms with Gasteiger partial charge in [-0.3, -0.25) is 15.8 Å². The molecule has 4 bridgehead atoms. The molecule has 20 heteroatoms. The molecule has 16 rings (SSSR count). The molecule has 0 aromatic heterocycles. The quantitative estimate of drug-likeness (QED) is 0.0158. The maximum absolute atomic E-state index is 13.6. The number of hydrogen-bond donors (Lipinski definition) is 3. The van der Waals surface area contributed by atoms with E-state index >= 15 is 0 Å². The van der Waals surface area contributed by atoms with Crippen molar-refractivity contribution in [2.24, 2.45) is 85.8 Å². The van der Waals surface area contributed by atoms with Crippen LogP contribution in [0.15, 0.2) is 146 Å². The van der Waals surface area contributed by atoms with Crippen molar-refractivity contribution in [3.05, 3.63) is 212 Å². The molecular formula is C126H182O20. The summed E-state index contributed by atoms with van der Waals surface area (Å²) in [6.07, 6.45) is 38.8. The van der Waals surface area contributed by atoms with E-state index in [2.05, 4.69) is 121 Å². The predicted molar refractivity (Wildman–Crippen MR) is 576 cm³/mol. The van der Waals surface area contributed by atoms with Gasteiger partial charge in [-0.2, -0.15) is 0 Å². The zero-order valence-corrected chi connectivity index (χ0v) is 92.6. The molecule has 10 fully saturated rings. The van der Waals surface area contributed by atoms with Gasteiger partial charge in [0.2, 0.25) is 0 Å². The van der Waals surface area contributed by atoms with Gasteiger partial charge in [0, 0.05) is 16.7 Å². The van der Waals surface area contributed by atoms with Crippen LogP contribution in [0.4, 0.5) is 0 Å². The van der Waals surface area contributed by atoms with Crippen LogP contribution < -0.4 is 0 Å². The second-order valence-electron chi connectivity index (χ2n) is 48.8. The standard InChI is InChI=1S/C28H40O4.C26H40O4.C22H30O4.C22H34O4.C20H28O4.C8H10/c1-25(2)17-11-13-27(5,15-17)22(25)21(32-30)19-9-7-8-10-20(19)23(29)31-24-26(3,4)18-12-14-28(24,6)16-18;1-17-11-19(15-25(3,4)13-17)23(30-28)21-9-7-8-10-22(21)24(27)29-20-12-18(2)14-26(5,6)16-20;23-21(25-15-17-9-3-1-4-10-17)19-13-7-8-14-20(19)22(24)26-16-18-11-5-2-6-12-18;1-7-21(8-2,9-3)25-19(23)17-15-13-14-16-18(17)20(24)26-22(10-4,11-5)12-6;21-20(23-16-11-5-2-6-12-16)18-14-8-7-13-17(18)19(24-22)15-9-3-1-4-10-15;1-7-5-3-4-6-8(7)2/h7-10,17-18,21-22,24,30H,11-16H2,1-6H3;7-10,17-20,23,28H,11-16H2,1-6H3;7-8,13-14,17-18H,1-6,9-12,15-16H2;13-16H,7-12H2,1-6H3;7-8,13-16,19,22H,1-6,9-12H2;3-6H,1-2H3. The van der Waals surface area contributed by atoms with Crippen LogP contribution in [0.25, 0.3) is 0 Å². The molecule has 0 aliphatic heterocycles. The van der Waals surface area contributed by atoms with E-state index in [9.17, 15) is 49.3 Å². The molecular weight excluding hydrogens is 1830 g/mol. The Morgan fingerprint density at radius 1 is 0.329 bits per heavy atom. The van der Waals surface area contributed by atoms with Crippen molar-refractivity contribution in [1.82, 2.24) is 0 Å². The van der Waals surface area contributed by atoms with E-state index in [1.54, 1.807) is 60.7 Å². The van der Waals surface area contributed by atoms with E-state index in [1.807, 2.05) is 102 Å². The lowest BCUT2D eigenvalue weighted by molar-refractivity contribution is -0.309. The normalized spacial score (nSPS) is 25.2. The monoisotopic (exact) mass is 2020 g/mol. The number of rotatable bonds is 31. The number of ether oxygens (including phenoxy) is 7. The SMILES string of the molecule is CC12CCC(C1)C(C)(C)C2OC(=O)c1ccccc1C(OO)C1C2(C)CCC(C2)C1(C)C.CC1CC(OC(=O)c2ccccc2C(OO)C2CC(C)CC(C)(C)C2)CC(C)(C)C1.CCC(CC)(CC)OC(=O)c1ccccc1C(=O)OC(CC)(CC)CC.Cc1ccccc1C.O=C(OC1CCCCC1)c1ccccc1C(OO)C1CCCCC1.O=C(OCC1CCCCC1)c1ccccc1C(=O)OCC1CCCCC1. The van der Waals surface area contributed by atoms with Crippen LogP contribution in [-0.2, 0) is 47.8 Å². The number of hydrogen-bond acceptors (Lipinski definition) is 20. The molecule has 10 aliphatic rings. The third-order valence-corrected chi connectivity index (χ3v) is 36.2. The fourth-order valence-electron chi connectivity index (χ4n) is 27.8. The van der Waals surface area contributed by atoms with Gasteiger partial charge >= 0.3 is 41.8 Å². The summed E-state index contributed by atoms with van der Waals surface area (Å²) < 4.78 is 40.7. The van der Waals surface area contributed by atoms with Gasteiger partial charge in [-0.05, 0) is 333 Å². The number of esters is 7. The minimum Gasteiger partial charge on any atom is -0.462 e. The molecule has 13 atom stereocenters. The minimum absolute atomic E-state index is 0.00937. The number of carbonyl (C=O) groups is 7. The zero-order valence-electron chi connectivity index (χ0n) is 92.6. The Morgan fingerprint density at radius 3 is 1.03 bits per heavy atom. The number of benzene rings is 6. The molecule has 6 aromatic rings. The van der Waals surface area contributed by atoms with Crippen molar-refractivity contribution < 1.29 is 97.2 Å². The van der Waals surface area contributed by atoms with E-state index in [1.165, 1.54) is 81.8 Å². The molecule has 0 radical (unpaired) electrons. The summed E-state index contributed by atoms with van der Waals surface area (Å²) in [7, 11) is 0. The Labute approximate surface area is 875 Å². The molecule has 3 N–H and O–H groups in total. The number of carbonyl (C=O) groups excluding carboxylic acids is 7. The molecule has 20 nitrogen and oxygen atoms in total. The largest absolute Gasteiger partial charge is 0.462 e. The summed E-state index contributed by atoms with van der Waals surface area (Å²) >= 11 is 0. The average Bonchev–Trinajstić information content (AvgIpc) is 1.55. The smallest absolute Gasteiger partial charge is 0.339 e. The molecule has 10 saturated carbocycles. The highest BCUT2D eigenvalue weighted by Gasteiger charge is 2.64. The first kappa shape index (κ1) is 118. The average molecular weight is 2020 g/mol. The van der Waals surface area contributed by atoms with E-state index in [-0.39, 0.29) is 97.6 Å². The van der Waals surface area contributed by atoms with Gasteiger partial charge in [0.15, 0.2) is 0 Å². The van der Waals surface area contributed by atoms with Crippen molar-refractivity contribution in [1.29, 1.82) is 0 Å². The Morgan fingerprint density at radius 2 is 0.658 bits per heavy atom. The van der Waals surface area contributed by atoms with E-state index in [0.717, 1.165) is 190 Å². The summed E-state index contributed by atoms with van der Waals surface area (Å²) in [6.45, 7) is 44.5. The maximum atomic E-state index is 13.6.